The number of sulfonamides is 1. The van der Waals surface area contributed by atoms with Crippen molar-refractivity contribution in [2.75, 3.05) is 24.1 Å². The third-order valence-corrected chi connectivity index (χ3v) is 7.70. The molecule has 34 heavy (non-hydrogen) atoms. The molecule has 1 fully saturated rings. The summed E-state index contributed by atoms with van der Waals surface area (Å²) < 4.78 is 74.5. The largest absolute Gasteiger partial charge is 0.416 e. The minimum absolute atomic E-state index is 0.0389. The normalized spacial score (nSPS) is 15.8. The molecule has 1 saturated heterocycles. The van der Waals surface area contributed by atoms with Gasteiger partial charge in [0.05, 0.1) is 21.7 Å². The quantitative estimate of drug-likeness (QED) is 0.444. The smallest absolute Gasteiger partial charge is 0.381 e. The van der Waals surface area contributed by atoms with E-state index in [1.54, 1.807) is 12.1 Å². The SMILES string of the molecule is CC(C)CN(c1ccc(C(F)(F)F)cc1)S(=O)(=O)c1ccc2nn(CC3CCOCC3)cc2c1. The Bertz CT molecular complexity index is 1230. The predicted octanol–water partition coefficient (Wildman–Crippen LogP) is 5.33. The summed E-state index contributed by atoms with van der Waals surface area (Å²) in [5.74, 6) is 0.426. The molecule has 0 saturated carbocycles. The number of halogens is 3. The summed E-state index contributed by atoms with van der Waals surface area (Å²) in [5, 5.41) is 5.27. The zero-order valence-electron chi connectivity index (χ0n) is 19.1. The highest BCUT2D eigenvalue weighted by molar-refractivity contribution is 7.92. The predicted molar refractivity (Wildman–Crippen MR) is 124 cm³/mol. The lowest BCUT2D eigenvalue weighted by atomic mass is 10.0. The lowest BCUT2D eigenvalue weighted by Gasteiger charge is -2.26. The van der Waals surface area contributed by atoms with Crippen LogP contribution in [0.5, 0.6) is 0 Å². The maximum Gasteiger partial charge on any atom is 0.416 e. The van der Waals surface area contributed by atoms with Crippen molar-refractivity contribution in [3.63, 3.8) is 0 Å². The van der Waals surface area contributed by atoms with E-state index in [2.05, 4.69) is 5.10 Å². The zero-order valence-corrected chi connectivity index (χ0v) is 19.9. The summed E-state index contributed by atoms with van der Waals surface area (Å²) in [6.45, 7) is 6.07. The van der Waals surface area contributed by atoms with Gasteiger partial charge in [0.15, 0.2) is 0 Å². The Morgan fingerprint density at radius 1 is 1.12 bits per heavy atom. The number of aromatic nitrogens is 2. The first-order valence-corrected chi connectivity index (χ1v) is 12.7. The van der Waals surface area contributed by atoms with Crippen LogP contribution < -0.4 is 4.31 Å². The number of alkyl halides is 3. The van der Waals surface area contributed by atoms with Crippen molar-refractivity contribution in [2.45, 2.75) is 44.3 Å². The fraction of sp³-hybridized carbons (Fsp3) is 0.458. The van der Waals surface area contributed by atoms with Crippen LogP contribution in [-0.4, -0.2) is 38.0 Å². The molecule has 0 unspecified atom stereocenters. The highest BCUT2D eigenvalue weighted by Crippen LogP contribution is 2.32. The lowest BCUT2D eigenvalue weighted by Crippen LogP contribution is -2.34. The van der Waals surface area contributed by atoms with E-state index in [9.17, 15) is 21.6 Å². The Kier molecular flexibility index (Phi) is 6.91. The van der Waals surface area contributed by atoms with Gasteiger partial charge in [-0.1, -0.05) is 13.8 Å². The van der Waals surface area contributed by atoms with Gasteiger partial charge >= 0.3 is 6.18 Å². The number of rotatable bonds is 7. The van der Waals surface area contributed by atoms with Gasteiger partial charge in [0.25, 0.3) is 10.0 Å². The number of ether oxygens (including phenoxy) is 1. The minimum atomic E-state index is -4.49. The number of hydrogen-bond donors (Lipinski definition) is 0. The molecule has 0 aliphatic carbocycles. The molecule has 0 bridgehead atoms. The topological polar surface area (TPSA) is 64.4 Å². The average Bonchev–Trinajstić information content (AvgIpc) is 3.19. The molecule has 2 heterocycles. The Hall–Kier alpha value is -2.59. The molecule has 0 atom stereocenters. The second kappa shape index (κ2) is 9.58. The molecule has 1 aromatic heterocycles. The van der Waals surface area contributed by atoms with Crippen LogP contribution in [-0.2, 0) is 27.5 Å². The fourth-order valence-electron chi connectivity index (χ4n) is 4.12. The molecule has 0 N–H and O–H groups in total. The molecule has 2 aromatic carbocycles. The van der Waals surface area contributed by atoms with Gasteiger partial charge in [-0.2, -0.15) is 18.3 Å². The van der Waals surface area contributed by atoms with Crippen molar-refractivity contribution in [1.29, 1.82) is 0 Å². The first-order valence-electron chi connectivity index (χ1n) is 11.3. The molecule has 6 nitrogen and oxygen atoms in total. The van der Waals surface area contributed by atoms with Crippen LogP contribution in [0.25, 0.3) is 10.9 Å². The van der Waals surface area contributed by atoms with Gasteiger partial charge < -0.3 is 4.74 Å². The molecule has 4 rings (SSSR count). The maximum absolute atomic E-state index is 13.6. The van der Waals surface area contributed by atoms with Gasteiger partial charge in [0.1, 0.15) is 0 Å². The highest BCUT2D eigenvalue weighted by Gasteiger charge is 2.31. The molecule has 0 radical (unpaired) electrons. The van der Waals surface area contributed by atoms with Gasteiger partial charge in [0.2, 0.25) is 0 Å². The summed E-state index contributed by atoms with van der Waals surface area (Å²) in [6, 6.07) is 8.96. The summed E-state index contributed by atoms with van der Waals surface area (Å²) in [7, 11) is -4.01. The van der Waals surface area contributed by atoms with Crippen molar-refractivity contribution in [2.24, 2.45) is 11.8 Å². The van der Waals surface area contributed by atoms with Crippen LogP contribution in [0.15, 0.2) is 53.6 Å². The molecule has 3 aromatic rings. The van der Waals surface area contributed by atoms with Crippen LogP contribution in [0.2, 0.25) is 0 Å². The maximum atomic E-state index is 13.6. The van der Waals surface area contributed by atoms with E-state index < -0.39 is 21.8 Å². The van der Waals surface area contributed by atoms with Crippen molar-refractivity contribution in [3.05, 3.63) is 54.2 Å². The summed E-state index contributed by atoms with van der Waals surface area (Å²) in [6.07, 6.45) is -0.717. The minimum Gasteiger partial charge on any atom is -0.381 e. The van der Waals surface area contributed by atoms with E-state index in [0.717, 1.165) is 44.7 Å². The zero-order chi connectivity index (χ0) is 24.5. The van der Waals surface area contributed by atoms with Gasteiger partial charge in [-0.3, -0.25) is 8.99 Å². The van der Waals surface area contributed by atoms with Crippen molar-refractivity contribution >= 4 is 26.6 Å². The fourth-order valence-corrected chi connectivity index (χ4v) is 5.78. The number of nitrogens with zero attached hydrogens (tertiary/aromatic N) is 3. The average molecular weight is 496 g/mol. The Balaban J connectivity index is 1.64. The van der Waals surface area contributed by atoms with Crippen LogP contribution in [0.3, 0.4) is 0 Å². The van der Waals surface area contributed by atoms with Crippen LogP contribution in [0.4, 0.5) is 18.9 Å². The summed E-state index contributed by atoms with van der Waals surface area (Å²) in [5.41, 5.74) is 0.0597. The second-order valence-corrected chi connectivity index (χ2v) is 11.0. The number of hydrogen-bond acceptors (Lipinski definition) is 4. The van der Waals surface area contributed by atoms with E-state index in [4.69, 9.17) is 4.74 Å². The summed E-state index contributed by atoms with van der Waals surface area (Å²) >= 11 is 0. The number of anilines is 1. The standard InChI is InChI=1S/C24H28F3N3O3S/c1-17(2)14-30(21-5-3-20(4-6-21)24(25,26)27)34(31,32)22-7-8-23-19(13-22)16-29(28-23)15-18-9-11-33-12-10-18/h3-8,13,16-18H,9-12,14-15H2,1-2H3. The highest BCUT2D eigenvalue weighted by atomic mass is 32.2. The summed E-state index contributed by atoms with van der Waals surface area (Å²) in [4.78, 5) is 0.0752. The Morgan fingerprint density at radius 2 is 1.79 bits per heavy atom. The third kappa shape index (κ3) is 5.38. The number of fused-ring (bicyclic) bond motifs is 1. The van der Waals surface area contributed by atoms with Crippen LogP contribution >= 0.6 is 0 Å². The Morgan fingerprint density at radius 3 is 2.41 bits per heavy atom. The molecule has 10 heteroatoms. The molecule has 184 valence electrons. The second-order valence-electron chi connectivity index (χ2n) is 9.10. The molecule has 1 aliphatic rings. The van der Waals surface area contributed by atoms with E-state index >= 15 is 0 Å². The van der Waals surface area contributed by atoms with Gasteiger partial charge in [-0.15, -0.1) is 0 Å². The van der Waals surface area contributed by atoms with Crippen LogP contribution in [0.1, 0.15) is 32.3 Å². The van der Waals surface area contributed by atoms with E-state index in [-0.39, 0.29) is 23.0 Å². The molecular formula is C24H28F3N3O3S. The van der Waals surface area contributed by atoms with Crippen molar-refractivity contribution in [3.8, 4) is 0 Å². The lowest BCUT2D eigenvalue weighted by molar-refractivity contribution is -0.137. The molecule has 0 amide bonds. The first-order chi connectivity index (χ1) is 16.0. The van der Waals surface area contributed by atoms with E-state index in [0.29, 0.717) is 16.8 Å². The Labute approximate surface area is 197 Å². The van der Waals surface area contributed by atoms with Gasteiger partial charge in [-0.25, -0.2) is 8.42 Å². The first kappa shape index (κ1) is 24.5. The van der Waals surface area contributed by atoms with Gasteiger partial charge in [0, 0.05) is 37.9 Å². The molecule has 1 aliphatic heterocycles. The van der Waals surface area contributed by atoms with E-state index in [1.807, 2.05) is 24.7 Å². The van der Waals surface area contributed by atoms with E-state index in [1.165, 1.54) is 22.5 Å². The van der Waals surface area contributed by atoms with Crippen LogP contribution in [0, 0.1) is 11.8 Å². The molecular weight excluding hydrogens is 467 g/mol. The number of benzene rings is 2. The van der Waals surface area contributed by atoms with Crippen molar-refractivity contribution < 1.29 is 26.3 Å². The monoisotopic (exact) mass is 495 g/mol. The third-order valence-electron chi connectivity index (χ3n) is 5.91. The van der Waals surface area contributed by atoms with Crippen molar-refractivity contribution in [1.82, 2.24) is 9.78 Å². The molecule has 0 spiro atoms. The van der Waals surface area contributed by atoms with Gasteiger partial charge in [-0.05, 0) is 67.1 Å².